The first-order valence-electron chi connectivity index (χ1n) is 7.96. The van der Waals surface area contributed by atoms with Crippen LogP contribution in [0.1, 0.15) is 5.56 Å². The van der Waals surface area contributed by atoms with E-state index < -0.39 is 0 Å². The van der Waals surface area contributed by atoms with E-state index in [1.807, 2.05) is 54.6 Å². The molecule has 3 aromatic rings. The Labute approximate surface area is 145 Å². The van der Waals surface area contributed by atoms with Crippen LogP contribution in [0.25, 0.3) is 11.1 Å². The molecule has 0 aliphatic carbocycles. The third-order valence-corrected chi connectivity index (χ3v) is 3.92. The number of ether oxygens (including phenoxy) is 2. The third-order valence-electron chi connectivity index (χ3n) is 3.92. The lowest BCUT2D eigenvalue weighted by Crippen LogP contribution is -2.15. The smallest absolute Gasteiger partial charge is 0.163 e. The SMILES string of the molecule is N#Cc1cc(-c2ccccc2)cnc1Nc1ccc2c(c1)OCCO2. The summed E-state index contributed by atoms with van der Waals surface area (Å²) in [5.74, 6) is 1.93. The van der Waals surface area contributed by atoms with Gasteiger partial charge >= 0.3 is 0 Å². The number of nitriles is 1. The van der Waals surface area contributed by atoms with Crippen LogP contribution in [0.15, 0.2) is 60.8 Å². The zero-order chi connectivity index (χ0) is 17.1. The molecule has 0 bridgehead atoms. The second-order valence-corrected chi connectivity index (χ2v) is 5.58. The number of pyridine rings is 1. The molecular formula is C20H15N3O2. The molecule has 0 amide bonds. The lowest BCUT2D eigenvalue weighted by Gasteiger charge is -2.19. The van der Waals surface area contributed by atoms with Crippen LogP contribution in [-0.4, -0.2) is 18.2 Å². The van der Waals surface area contributed by atoms with E-state index >= 15 is 0 Å². The zero-order valence-electron chi connectivity index (χ0n) is 13.4. The highest BCUT2D eigenvalue weighted by atomic mass is 16.6. The molecule has 25 heavy (non-hydrogen) atoms. The molecule has 5 nitrogen and oxygen atoms in total. The fourth-order valence-electron chi connectivity index (χ4n) is 2.70. The predicted molar refractivity (Wildman–Crippen MR) is 95.1 cm³/mol. The Morgan fingerprint density at radius 1 is 0.920 bits per heavy atom. The molecule has 0 spiro atoms. The predicted octanol–water partition coefficient (Wildman–Crippen LogP) is 4.14. The number of benzene rings is 2. The molecule has 1 aliphatic heterocycles. The Balaban J connectivity index is 1.64. The van der Waals surface area contributed by atoms with E-state index in [1.54, 1.807) is 6.20 Å². The maximum Gasteiger partial charge on any atom is 0.163 e. The van der Waals surface area contributed by atoms with Crippen LogP contribution in [0.4, 0.5) is 11.5 Å². The molecule has 0 radical (unpaired) electrons. The second kappa shape index (κ2) is 6.54. The Hall–Kier alpha value is -3.52. The quantitative estimate of drug-likeness (QED) is 0.782. The van der Waals surface area contributed by atoms with Gasteiger partial charge in [0.1, 0.15) is 25.1 Å². The van der Waals surface area contributed by atoms with Gasteiger partial charge in [0, 0.05) is 23.5 Å². The summed E-state index contributed by atoms with van der Waals surface area (Å²) in [5.41, 5.74) is 3.21. The summed E-state index contributed by atoms with van der Waals surface area (Å²) in [6, 6.07) is 19.5. The number of aromatic nitrogens is 1. The number of hydrogen-bond acceptors (Lipinski definition) is 5. The van der Waals surface area contributed by atoms with Crippen LogP contribution in [-0.2, 0) is 0 Å². The van der Waals surface area contributed by atoms with E-state index in [9.17, 15) is 5.26 Å². The van der Waals surface area contributed by atoms with Gasteiger partial charge in [-0.2, -0.15) is 5.26 Å². The zero-order valence-corrected chi connectivity index (χ0v) is 13.4. The van der Waals surface area contributed by atoms with Crippen LogP contribution in [0, 0.1) is 11.3 Å². The van der Waals surface area contributed by atoms with Crippen molar-refractivity contribution in [2.45, 2.75) is 0 Å². The lowest BCUT2D eigenvalue weighted by molar-refractivity contribution is 0.171. The third kappa shape index (κ3) is 3.10. The summed E-state index contributed by atoms with van der Waals surface area (Å²) >= 11 is 0. The molecule has 4 rings (SSSR count). The van der Waals surface area contributed by atoms with E-state index in [0.29, 0.717) is 30.3 Å². The summed E-state index contributed by atoms with van der Waals surface area (Å²) in [4.78, 5) is 4.43. The van der Waals surface area contributed by atoms with Gasteiger partial charge in [0.15, 0.2) is 11.5 Å². The van der Waals surface area contributed by atoms with Gasteiger partial charge in [0.25, 0.3) is 0 Å². The van der Waals surface area contributed by atoms with Crippen molar-refractivity contribution >= 4 is 11.5 Å². The van der Waals surface area contributed by atoms with Crippen molar-refractivity contribution in [3.63, 3.8) is 0 Å². The van der Waals surface area contributed by atoms with Crippen molar-refractivity contribution in [2.75, 3.05) is 18.5 Å². The molecule has 1 aromatic heterocycles. The highest BCUT2D eigenvalue weighted by Gasteiger charge is 2.13. The maximum atomic E-state index is 9.49. The van der Waals surface area contributed by atoms with E-state index in [-0.39, 0.29) is 0 Å². The second-order valence-electron chi connectivity index (χ2n) is 5.58. The maximum absolute atomic E-state index is 9.49. The van der Waals surface area contributed by atoms with Crippen LogP contribution >= 0.6 is 0 Å². The molecule has 0 fully saturated rings. The van der Waals surface area contributed by atoms with Gasteiger partial charge in [0.2, 0.25) is 0 Å². The number of rotatable bonds is 3. The van der Waals surface area contributed by atoms with Gasteiger partial charge in [-0.25, -0.2) is 4.98 Å². The summed E-state index contributed by atoms with van der Waals surface area (Å²) < 4.78 is 11.1. The minimum absolute atomic E-state index is 0.483. The molecule has 2 aromatic carbocycles. The number of anilines is 2. The molecule has 0 saturated carbocycles. The highest BCUT2D eigenvalue weighted by Crippen LogP contribution is 2.34. The van der Waals surface area contributed by atoms with Crippen LogP contribution in [0.5, 0.6) is 11.5 Å². The molecular weight excluding hydrogens is 314 g/mol. The van der Waals surface area contributed by atoms with E-state index in [2.05, 4.69) is 16.4 Å². The van der Waals surface area contributed by atoms with Crippen molar-refractivity contribution in [3.8, 4) is 28.7 Å². The molecule has 5 heteroatoms. The number of nitrogens with one attached hydrogen (secondary N) is 1. The highest BCUT2D eigenvalue weighted by molar-refractivity contribution is 5.71. The normalized spacial score (nSPS) is 12.3. The van der Waals surface area contributed by atoms with Gasteiger partial charge in [0.05, 0.1) is 5.56 Å². The molecule has 1 N–H and O–H groups in total. The minimum atomic E-state index is 0.483. The Morgan fingerprint density at radius 3 is 2.52 bits per heavy atom. The topological polar surface area (TPSA) is 67.2 Å². The molecule has 2 heterocycles. The molecule has 0 saturated heterocycles. The van der Waals surface area contributed by atoms with Gasteiger partial charge in [-0.3, -0.25) is 0 Å². The van der Waals surface area contributed by atoms with Crippen LogP contribution in [0.2, 0.25) is 0 Å². The van der Waals surface area contributed by atoms with Crippen molar-refractivity contribution in [1.29, 1.82) is 5.26 Å². The van der Waals surface area contributed by atoms with Crippen molar-refractivity contribution in [2.24, 2.45) is 0 Å². The van der Waals surface area contributed by atoms with Gasteiger partial charge in [-0.15, -0.1) is 0 Å². The Bertz CT molecular complexity index is 949. The van der Waals surface area contributed by atoms with E-state index in [0.717, 1.165) is 22.6 Å². The summed E-state index contributed by atoms with van der Waals surface area (Å²) in [5, 5.41) is 12.7. The average Bonchev–Trinajstić information content (AvgIpc) is 2.69. The van der Waals surface area contributed by atoms with Crippen molar-refractivity contribution in [1.82, 2.24) is 4.98 Å². The van der Waals surface area contributed by atoms with Gasteiger partial charge in [-0.05, 0) is 23.8 Å². The number of hydrogen-bond donors (Lipinski definition) is 1. The Kier molecular flexibility index (Phi) is 3.93. The van der Waals surface area contributed by atoms with E-state index in [4.69, 9.17) is 9.47 Å². The largest absolute Gasteiger partial charge is 0.486 e. The average molecular weight is 329 g/mol. The molecule has 122 valence electrons. The summed E-state index contributed by atoms with van der Waals surface area (Å²) in [6.07, 6.45) is 1.76. The van der Waals surface area contributed by atoms with Crippen LogP contribution in [0.3, 0.4) is 0 Å². The summed E-state index contributed by atoms with van der Waals surface area (Å²) in [6.45, 7) is 1.09. The summed E-state index contributed by atoms with van der Waals surface area (Å²) in [7, 11) is 0. The first kappa shape index (κ1) is 15.0. The fourth-order valence-corrected chi connectivity index (χ4v) is 2.70. The van der Waals surface area contributed by atoms with Gasteiger partial charge in [-0.1, -0.05) is 30.3 Å². The minimum Gasteiger partial charge on any atom is -0.486 e. The molecule has 1 aliphatic rings. The fraction of sp³-hybridized carbons (Fsp3) is 0.100. The Morgan fingerprint density at radius 2 is 1.72 bits per heavy atom. The van der Waals surface area contributed by atoms with Gasteiger partial charge < -0.3 is 14.8 Å². The first-order chi connectivity index (χ1) is 12.3. The molecule has 0 atom stereocenters. The lowest BCUT2D eigenvalue weighted by atomic mass is 10.1. The van der Waals surface area contributed by atoms with Crippen molar-refractivity contribution in [3.05, 3.63) is 66.4 Å². The monoisotopic (exact) mass is 329 g/mol. The number of fused-ring (bicyclic) bond motifs is 1. The van der Waals surface area contributed by atoms with Crippen LogP contribution < -0.4 is 14.8 Å². The standard InChI is InChI=1S/C20H15N3O2/c21-12-15-10-16(14-4-2-1-3-5-14)13-22-20(15)23-17-6-7-18-19(11-17)25-9-8-24-18/h1-7,10-11,13H,8-9H2,(H,22,23). The number of nitrogens with zero attached hydrogens (tertiary/aromatic N) is 2. The molecule has 0 unspecified atom stereocenters. The van der Waals surface area contributed by atoms with Crippen molar-refractivity contribution < 1.29 is 9.47 Å². The first-order valence-corrected chi connectivity index (χ1v) is 7.96. The van der Waals surface area contributed by atoms with E-state index in [1.165, 1.54) is 0 Å².